The lowest BCUT2D eigenvalue weighted by Gasteiger charge is -2.29. The average molecular weight is 392 g/mol. The van der Waals surface area contributed by atoms with E-state index in [1.165, 1.54) is 12.8 Å². The lowest BCUT2D eigenvalue weighted by molar-refractivity contribution is 0.0925. The second kappa shape index (κ2) is 7.19. The monoisotopic (exact) mass is 391 g/mol. The quantitative estimate of drug-likeness (QED) is 0.687. The highest BCUT2D eigenvalue weighted by Gasteiger charge is 2.34. The molecule has 2 aliphatic heterocycles. The van der Waals surface area contributed by atoms with Crippen LogP contribution in [0.1, 0.15) is 36.0 Å². The summed E-state index contributed by atoms with van der Waals surface area (Å²) in [6, 6.07) is 18.6. The normalized spacial score (nSPS) is 23.7. The number of nitrogens with one attached hydrogen (secondary N) is 2. The lowest BCUT2D eigenvalue weighted by atomic mass is 9.98. The molecule has 142 valence electrons. The molecule has 5 rings (SSSR count). The zero-order valence-electron chi connectivity index (χ0n) is 15.5. The van der Waals surface area contributed by atoms with Gasteiger partial charge in [0.05, 0.1) is 16.8 Å². The number of amides is 1. The van der Waals surface area contributed by atoms with E-state index >= 15 is 0 Å². The van der Waals surface area contributed by atoms with Crippen LogP contribution in [0.25, 0.3) is 22.2 Å². The zero-order chi connectivity index (χ0) is 19.1. The minimum Gasteiger partial charge on any atom is -0.349 e. The summed E-state index contributed by atoms with van der Waals surface area (Å²) < 4.78 is 0. The van der Waals surface area contributed by atoms with Gasteiger partial charge in [-0.2, -0.15) is 0 Å². The zero-order valence-corrected chi connectivity index (χ0v) is 16.2. The third-order valence-corrected chi connectivity index (χ3v) is 6.25. The van der Waals surface area contributed by atoms with Crippen molar-refractivity contribution in [2.75, 3.05) is 0 Å². The number of hydrogen-bond acceptors (Lipinski definition) is 3. The number of piperidine rings is 1. The number of aromatic nitrogens is 1. The van der Waals surface area contributed by atoms with Crippen LogP contribution in [-0.2, 0) is 0 Å². The minimum absolute atomic E-state index is 0.0294. The molecule has 2 bridgehead atoms. The van der Waals surface area contributed by atoms with Gasteiger partial charge in [0.25, 0.3) is 5.91 Å². The van der Waals surface area contributed by atoms with Gasteiger partial charge in [-0.25, -0.2) is 4.98 Å². The van der Waals surface area contributed by atoms with Crippen LogP contribution in [0, 0.1) is 0 Å². The number of halogens is 1. The van der Waals surface area contributed by atoms with E-state index in [1.807, 2.05) is 54.6 Å². The van der Waals surface area contributed by atoms with Crippen molar-refractivity contribution in [3.05, 3.63) is 65.2 Å². The number of carbonyl (C=O) groups excluding carboxylic acids is 1. The number of para-hydroxylation sites is 1. The summed E-state index contributed by atoms with van der Waals surface area (Å²) in [5.41, 5.74) is 3.02. The number of rotatable bonds is 3. The first-order valence-corrected chi connectivity index (χ1v) is 10.3. The topological polar surface area (TPSA) is 54.0 Å². The van der Waals surface area contributed by atoms with E-state index in [2.05, 4.69) is 10.6 Å². The number of carbonyl (C=O) groups is 1. The third-order valence-electron chi connectivity index (χ3n) is 5.92. The van der Waals surface area contributed by atoms with Gasteiger partial charge in [0, 0.05) is 34.1 Å². The van der Waals surface area contributed by atoms with Crippen LogP contribution < -0.4 is 10.6 Å². The van der Waals surface area contributed by atoms with Gasteiger partial charge < -0.3 is 10.6 Å². The summed E-state index contributed by atoms with van der Waals surface area (Å²) in [6.07, 6.45) is 4.43. The van der Waals surface area contributed by atoms with Crippen LogP contribution in [0.3, 0.4) is 0 Å². The Morgan fingerprint density at radius 3 is 2.54 bits per heavy atom. The van der Waals surface area contributed by atoms with E-state index < -0.39 is 0 Å². The molecule has 0 spiro atoms. The summed E-state index contributed by atoms with van der Waals surface area (Å²) >= 11 is 6.39. The highest BCUT2D eigenvalue weighted by atomic mass is 35.5. The lowest BCUT2D eigenvalue weighted by Crippen LogP contribution is -2.48. The number of benzene rings is 2. The molecule has 28 heavy (non-hydrogen) atoms. The van der Waals surface area contributed by atoms with E-state index in [0.717, 1.165) is 35.0 Å². The molecule has 1 amide bonds. The van der Waals surface area contributed by atoms with E-state index in [-0.39, 0.29) is 11.9 Å². The number of hydrogen-bond donors (Lipinski definition) is 2. The second-order valence-corrected chi connectivity index (χ2v) is 8.24. The Morgan fingerprint density at radius 2 is 1.75 bits per heavy atom. The first kappa shape index (κ1) is 17.7. The average Bonchev–Trinajstić information content (AvgIpc) is 3.05. The molecule has 0 saturated carbocycles. The summed E-state index contributed by atoms with van der Waals surface area (Å²) in [5, 5.41) is 8.40. The Labute approximate surface area is 169 Å². The SMILES string of the molecule is O=C(NC1CC2CCC(C1)N2)c1cc(-c2ccccc2Cl)nc2ccccc12. The molecule has 2 aliphatic rings. The maximum absolute atomic E-state index is 13.2. The van der Waals surface area contributed by atoms with Gasteiger partial charge in [-0.3, -0.25) is 4.79 Å². The van der Waals surface area contributed by atoms with E-state index in [9.17, 15) is 4.79 Å². The van der Waals surface area contributed by atoms with Crippen LogP contribution in [-0.4, -0.2) is 29.0 Å². The van der Waals surface area contributed by atoms with Gasteiger partial charge in [0.2, 0.25) is 0 Å². The molecule has 2 unspecified atom stereocenters. The third kappa shape index (κ3) is 3.27. The van der Waals surface area contributed by atoms with E-state index in [1.54, 1.807) is 0 Å². The largest absolute Gasteiger partial charge is 0.349 e. The molecule has 2 fully saturated rings. The van der Waals surface area contributed by atoms with Crippen LogP contribution in [0.5, 0.6) is 0 Å². The van der Waals surface area contributed by atoms with Gasteiger partial charge in [0.1, 0.15) is 0 Å². The summed E-state index contributed by atoms with van der Waals surface area (Å²) in [6.45, 7) is 0. The van der Waals surface area contributed by atoms with Crippen molar-refractivity contribution in [2.24, 2.45) is 0 Å². The fourth-order valence-electron chi connectivity index (χ4n) is 4.61. The van der Waals surface area contributed by atoms with Crippen molar-refractivity contribution >= 4 is 28.4 Å². The maximum Gasteiger partial charge on any atom is 0.252 e. The fourth-order valence-corrected chi connectivity index (χ4v) is 4.84. The fraction of sp³-hybridized carbons (Fsp3) is 0.304. The Hall–Kier alpha value is -2.43. The summed E-state index contributed by atoms with van der Waals surface area (Å²) in [5.74, 6) is -0.0294. The van der Waals surface area contributed by atoms with Crippen molar-refractivity contribution in [3.63, 3.8) is 0 Å². The highest BCUT2D eigenvalue weighted by molar-refractivity contribution is 6.33. The molecule has 2 saturated heterocycles. The molecular formula is C23H22ClN3O. The standard InChI is InChI=1S/C23H22ClN3O/c24-20-7-3-1-6-18(20)22-13-19(17-5-2-4-8-21(17)27-22)23(28)26-16-11-14-9-10-15(12-16)25-14/h1-8,13-16,25H,9-12H2,(H,26,28). The summed E-state index contributed by atoms with van der Waals surface area (Å²) in [4.78, 5) is 18.0. The predicted molar refractivity (Wildman–Crippen MR) is 113 cm³/mol. The van der Waals surface area contributed by atoms with Gasteiger partial charge in [-0.1, -0.05) is 48.0 Å². The Balaban J connectivity index is 1.52. The van der Waals surface area contributed by atoms with Crippen LogP contribution in [0.15, 0.2) is 54.6 Å². The minimum atomic E-state index is -0.0294. The van der Waals surface area contributed by atoms with Crippen molar-refractivity contribution in [1.29, 1.82) is 0 Å². The molecular weight excluding hydrogens is 370 g/mol. The smallest absolute Gasteiger partial charge is 0.252 e. The number of pyridine rings is 1. The first-order chi connectivity index (χ1) is 13.7. The molecule has 0 radical (unpaired) electrons. The second-order valence-electron chi connectivity index (χ2n) is 7.83. The number of fused-ring (bicyclic) bond motifs is 3. The highest BCUT2D eigenvalue weighted by Crippen LogP contribution is 2.31. The Morgan fingerprint density at radius 1 is 1.04 bits per heavy atom. The van der Waals surface area contributed by atoms with Crippen LogP contribution >= 0.6 is 11.6 Å². The molecule has 3 aromatic rings. The predicted octanol–water partition coefficient (Wildman–Crippen LogP) is 4.57. The van der Waals surface area contributed by atoms with Crippen molar-refractivity contribution in [1.82, 2.24) is 15.6 Å². The van der Waals surface area contributed by atoms with Crippen LogP contribution in [0.2, 0.25) is 5.02 Å². The Kier molecular flexibility index (Phi) is 4.53. The van der Waals surface area contributed by atoms with Gasteiger partial charge in [-0.05, 0) is 43.9 Å². The van der Waals surface area contributed by atoms with Gasteiger partial charge in [-0.15, -0.1) is 0 Å². The van der Waals surface area contributed by atoms with Gasteiger partial charge >= 0.3 is 0 Å². The maximum atomic E-state index is 13.2. The molecule has 2 N–H and O–H groups in total. The van der Waals surface area contributed by atoms with E-state index in [0.29, 0.717) is 22.7 Å². The molecule has 0 aliphatic carbocycles. The molecule has 1 aromatic heterocycles. The molecule has 2 aromatic carbocycles. The van der Waals surface area contributed by atoms with Crippen molar-refractivity contribution in [2.45, 2.75) is 43.8 Å². The van der Waals surface area contributed by atoms with Crippen molar-refractivity contribution in [3.8, 4) is 11.3 Å². The van der Waals surface area contributed by atoms with Gasteiger partial charge in [0.15, 0.2) is 0 Å². The number of nitrogens with zero attached hydrogens (tertiary/aromatic N) is 1. The van der Waals surface area contributed by atoms with Crippen molar-refractivity contribution < 1.29 is 4.79 Å². The molecule has 5 heteroatoms. The molecule has 4 nitrogen and oxygen atoms in total. The summed E-state index contributed by atoms with van der Waals surface area (Å²) in [7, 11) is 0. The van der Waals surface area contributed by atoms with E-state index in [4.69, 9.17) is 16.6 Å². The molecule has 3 heterocycles. The molecule has 2 atom stereocenters. The Bertz CT molecular complexity index is 1040. The van der Waals surface area contributed by atoms with Crippen LogP contribution in [0.4, 0.5) is 0 Å². The first-order valence-electron chi connectivity index (χ1n) is 9.89.